The second kappa shape index (κ2) is 2.86. The molecule has 56 valence electrons. The minimum atomic E-state index is 0.704. The maximum Gasteiger partial charge on any atom is 0.0493 e. The van der Waals surface area contributed by atoms with Gasteiger partial charge in [-0.3, -0.25) is 5.01 Å². The molecular formula is C8H14N2. The van der Waals surface area contributed by atoms with Crippen LogP contribution in [0, 0.1) is 0 Å². The molecule has 0 aromatic carbocycles. The Kier molecular flexibility index (Phi) is 2.10. The molecule has 0 aliphatic heterocycles. The zero-order chi connectivity index (χ0) is 7.56. The fraction of sp³-hybridized carbons (Fsp3) is 0.625. The van der Waals surface area contributed by atoms with Crippen LogP contribution in [-0.4, -0.2) is 24.3 Å². The lowest BCUT2D eigenvalue weighted by molar-refractivity contribution is 0.346. The van der Waals surface area contributed by atoms with Gasteiger partial charge in [-0.05, 0) is 25.3 Å². The molecular weight excluding hydrogens is 124 g/mol. The number of rotatable bonds is 3. The Labute approximate surface area is 62.2 Å². The number of hydrogen-bond acceptors (Lipinski definition) is 2. The molecule has 0 aromatic heterocycles. The molecule has 0 N–H and O–H groups in total. The quantitative estimate of drug-likeness (QED) is 0.427. The second-order valence-corrected chi connectivity index (χ2v) is 2.90. The van der Waals surface area contributed by atoms with Gasteiger partial charge in [0.15, 0.2) is 0 Å². The first-order valence-corrected chi connectivity index (χ1v) is 3.62. The number of hydrazone groups is 1. The van der Waals surface area contributed by atoms with E-state index in [-0.39, 0.29) is 0 Å². The van der Waals surface area contributed by atoms with Gasteiger partial charge in [-0.15, -0.1) is 0 Å². The smallest absolute Gasteiger partial charge is 0.0493 e. The van der Waals surface area contributed by atoms with Gasteiger partial charge in [-0.25, -0.2) is 0 Å². The lowest BCUT2D eigenvalue weighted by Gasteiger charge is -2.09. The van der Waals surface area contributed by atoms with Crippen LogP contribution in [0.1, 0.15) is 19.8 Å². The third-order valence-electron chi connectivity index (χ3n) is 1.54. The fourth-order valence-electron chi connectivity index (χ4n) is 0.732. The summed E-state index contributed by atoms with van der Waals surface area (Å²) in [5.41, 5.74) is 1.01. The maximum absolute atomic E-state index is 4.19. The molecule has 1 rings (SSSR count). The lowest BCUT2D eigenvalue weighted by atomic mass is 10.4. The highest BCUT2D eigenvalue weighted by molar-refractivity contribution is 5.76. The molecule has 0 radical (unpaired) electrons. The molecule has 0 amide bonds. The van der Waals surface area contributed by atoms with Gasteiger partial charge < -0.3 is 0 Å². The monoisotopic (exact) mass is 138 g/mol. The summed E-state index contributed by atoms with van der Waals surface area (Å²) in [6.45, 7) is 5.68. The van der Waals surface area contributed by atoms with Gasteiger partial charge in [-0.1, -0.05) is 6.58 Å². The highest BCUT2D eigenvalue weighted by Crippen LogP contribution is 2.25. The Morgan fingerprint density at radius 3 is 2.70 bits per heavy atom. The number of nitrogens with zero attached hydrogens (tertiary/aromatic N) is 2. The molecule has 0 saturated heterocycles. The van der Waals surface area contributed by atoms with Gasteiger partial charge in [0.25, 0.3) is 0 Å². The van der Waals surface area contributed by atoms with E-state index in [2.05, 4.69) is 11.7 Å². The molecule has 0 heterocycles. The van der Waals surface area contributed by atoms with Crippen LogP contribution in [0.25, 0.3) is 0 Å². The zero-order valence-electron chi connectivity index (χ0n) is 6.67. The van der Waals surface area contributed by atoms with Gasteiger partial charge in [-0.2, -0.15) is 5.10 Å². The third kappa shape index (κ3) is 2.21. The van der Waals surface area contributed by atoms with Gasteiger partial charge >= 0.3 is 0 Å². The van der Waals surface area contributed by atoms with Crippen LogP contribution in [-0.2, 0) is 0 Å². The van der Waals surface area contributed by atoms with Crippen LogP contribution in [0.15, 0.2) is 17.3 Å². The summed E-state index contributed by atoms with van der Waals surface area (Å²) in [4.78, 5) is 0. The summed E-state index contributed by atoms with van der Waals surface area (Å²) < 4.78 is 0. The van der Waals surface area contributed by atoms with Crippen molar-refractivity contribution in [1.29, 1.82) is 0 Å². The van der Waals surface area contributed by atoms with Crippen molar-refractivity contribution in [3.05, 3.63) is 12.2 Å². The molecule has 0 atom stereocenters. The van der Waals surface area contributed by atoms with E-state index in [0.29, 0.717) is 6.04 Å². The SMILES string of the molecule is C=C(C)/C=N\N(C)C1CC1. The van der Waals surface area contributed by atoms with Crippen LogP contribution in [0.5, 0.6) is 0 Å². The van der Waals surface area contributed by atoms with E-state index in [0.717, 1.165) is 5.57 Å². The van der Waals surface area contributed by atoms with Crippen LogP contribution in [0.2, 0.25) is 0 Å². The van der Waals surface area contributed by atoms with E-state index in [1.807, 2.05) is 19.0 Å². The summed E-state index contributed by atoms with van der Waals surface area (Å²) in [6.07, 6.45) is 4.40. The minimum Gasteiger partial charge on any atom is -0.297 e. The van der Waals surface area contributed by atoms with Crippen LogP contribution < -0.4 is 0 Å². The Hall–Kier alpha value is -0.790. The maximum atomic E-state index is 4.19. The Balaban J connectivity index is 2.28. The average Bonchev–Trinajstić information content (AvgIpc) is 2.63. The molecule has 2 nitrogen and oxygen atoms in total. The summed E-state index contributed by atoms with van der Waals surface area (Å²) >= 11 is 0. The van der Waals surface area contributed by atoms with Crippen molar-refractivity contribution in [2.75, 3.05) is 7.05 Å². The first kappa shape index (κ1) is 7.32. The first-order valence-electron chi connectivity index (χ1n) is 3.62. The van der Waals surface area contributed by atoms with E-state index in [9.17, 15) is 0 Å². The Morgan fingerprint density at radius 2 is 2.30 bits per heavy atom. The molecule has 0 unspecified atom stereocenters. The van der Waals surface area contributed by atoms with E-state index in [1.54, 1.807) is 6.21 Å². The highest BCUT2D eigenvalue weighted by atomic mass is 15.5. The highest BCUT2D eigenvalue weighted by Gasteiger charge is 2.24. The normalized spacial score (nSPS) is 17.8. The summed E-state index contributed by atoms with van der Waals surface area (Å²) in [5, 5.41) is 6.20. The van der Waals surface area contributed by atoms with Crippen molar-refractivity contribution in [3.8, 4) is 0 Å². The van der Waals surface area contributed by atoms with Gasteiger partial charge in [0, 0.05) is 19.3 Å². The molecule has 1 fully saturated rings. The van der Waals surface area contributed by atoms with Crippen LogP contribution in [0.3, 0.4) is 0 Å². The average molecular weight is 138 g/mol. The predicted molar refractivity (Wildman–Crippen MR) is 44.1 cm³/mol. The zero-order valence-corrected chi connectivity index (χ0v) is 6.67. The van der Waals surface area contributed by atoms with Crippen molar-refractivity contribution in [2.24, 2.45) is 5.10 Å². The van der Waals surface area contributed by atoms with Crippen molar-refractivity contribution >= 4 is 6.21 Å². The van der Waals surface area contributed by atoms with Gasteiger partial charge in [0.05, 0.1) is 0 Å². The summed E-state index contributed by atoms with van der Waals surface area (Å²) in [7, 11) is 2.01. The molecule has 1 aliphatic rings. The van der Waals surface area contributed by atoms with Crippen molar-refractivity contribution < 1.29 is 0 Å². The number of allylic oxidation sites excluding steroid dienone is 1. The molecule has 1 aliphatic carbocycles. The van der Waals surface area contributed by atoms with Crippen molar-refractivity contribution in [1.82, 2.24) is 5.01 Å². The third-order valence-corrected chi connectivity index (χ3v) is 1.54. The van der Waals surface area contributed by atoms with E-state index >= 15 is 0 Å². The van der Waals surface area contributed by atoms with Crippen LogP contribution in [0.4, 0.5) is 0 Å². The second-order valence-electron chi connectivity index (χ2n) is 2.90. The predicted octanol–water partition coefficient (Wildman–Crippen LogP) is 1.64. The standard InChI is InChI=1S/C8H14N2/c1-7(2)6-9-10(3)8-4-5-8/h6,8H,1,4-5H2,2-3H3/b9-6-. The molecule has 0 spiro atoms. The van der Waals surface area contributed by atoms with Gasteiger partial charge in [0.2, 0.25) is 0 Å². The molecule has 0 aromatic rings. The Morgan fingerprint density at radius 1 is 1.70 bits per heavy atom. The van der Waals surface area contributed by atoms with E-state index in [1.165, 1.54) is 12.8 Å². The number of hydrogen-bond donors (Lipinski definition) is 0. The summed E-state index contributed by atoms with van der Waals surface area (Å²) in [5.74, 6) is 0. The molecule has 2 heteroatoms. The first-order chi connectivity index (χ1) is 4.70. The minimum absolute atomic E-state index is 0.704. The topological polar surface area (TPSA) is 15.6 Å². The largest absolute Gasteiger partial charge is 0.297 e. The lowest BCUT2D eigenvalue weighted by Crippen LogP contribution is -2.13. The fourth-order valence-corrected chi connectivity index (χ4v) is 0.732. The van der Waals surface area contributed by atoms with Crippen LogP contribution >= 0.6 is 0 Å². The van der Waals surface area contributed by atoms with E-state index < -0.39 is 0 Å². The van der Waals surface area contributed by atoms with Crippen molar-refractivity contribution in [3.63, 3.8) is 0 Å². The summed E-state index contributed by atoms with van der Waals surface area (Å²) in [6, 6.07) is 0.704. The molecule has 1 saturated carbocycles. The van der Waals surface area contributed by atoms with Gasteiger partial charge in [0.1, 0.15) is 0 Å². The van der Waals surface area contributed by atoms with E-state index in [4.69, 9.17) is 0 Å². The Bertz CT molecular complexity index is 157. The van der Waals surface area contributed by atoms with Crippen molar-refractivity contribution in [2.45, 2.75) is 25.8 Å². The molecule has 0 bridgehead atoms. The molecule has 10 heavy (non-hydrogen) atoms.